The summed E-state index contributed by atoms with van der Waals surface area (Å²) in [5.74, 6) is 0. The minimum atomic E-state index is -1.61. The number of hydrogen-bond acceptors (Lipinski definition) is 4. The molecule has 0 aromatic heterocycles. The molecule has 1 aromatic rings. The molecule has 0 unspecified atom stereocenters. The summed E-state index contributed by atoms with van der Waals surface area (Å²) in [6.07, 6.45) is 1.20. The molecule has 1 aliphatic rings. The van der Waals surface area contributed by atoms with E-state index in [0.29, 0.717) is 19.3 Å². The molecule has 1 aliphatic heterocycles. The highest BCUT2D eigenvalue weighted by atomic mass is 32.7. The molecule has 0 N–H and O–H groups in total. The standard InChI is InChI=1S/C11H16O3PS/c1-2-12-11-13-8-15(16,9-14-11)10-6-4-3-5-7-10/h3-7,11,16H,2,8-9H2,1H3/q+1. The lowest BCUT2D eigenvalue weighted by Crippen LogP contribution is -2.31. The highest BCUT2D eigenvalue weighted by Gasteiger charge is 2.43. The molecule has 1 fully saturated rings. The van der Waals surface area contributed by atoms with Gasteiger partial charge >= 0.3 is 0 Å². The molecular weight excluding hydrogens is 243 g/mol. The van der Waals surface area contributed by atoms with Crippen LogP contribution in [0, 0.1) is 0 Å². The van der Waals surface area contributed by atoms with Gasteiger partial charge in [-0.25, -0.2) is 0 Å². The van der Waals surface area contributed by atoms with E-state index in [-0.39, 0.29) is 0 Å². The highest BCUT2D eigenvalue weighted by Crippen LogP contribution is 2.63. The summed E-state index contributed by atoms with van der Waals surface area (Å²) in [5.41, 5.74) is 0. The molecule has 0 saturated carbocycles. The normalized spacial score (nSPS) is 30.2. The number of thiol groups is 1. The molecule has 0 amide bonds. The Morgan fingerprint density at radius 2 is 1.94 bits per heavy atom. The van der Waals surface area contributed by atoms with Crippen LogP contribution in [0.5, 0.6) is 0 Å². The molecule has 2 rings (SSSR count). The predicted octanol–water partition coefficient (Wildman–Crippen LogP) is 2.46. The van der Waals surface area contributed by atoms with Crippen LogP contribution in [0.2, 0.25) is 0 Å². The van der Waals surface area contributed by atoms with Gasteiger partial charge in [-0.05, 0) is 19.1 Å². The fourth-order valence-corrected chi connectivity index (χ4v) is 4.18. The molecule has 0 radical (unpaired) electrons. The van der Waals surface area contributed by atoms with E-state index in [9.17, 15) is 0 Å². The van der Waals surface area contributed by atoms with Crippen LogP contribution in [0.1, 0.15) is 6.92 Å². The Hall–Kier alpha value is -0.120. The Morgan fingerprint density at radius 1 is 1.31 bits per heavy atom. The van der Waals surface area contributed by atoms with Crippen molar-refractivity contribution < 1.29 is 14.2 Å². The van der Waals surface area contributed by atoms with E-state index in [1.807, 2.05) is 25.1 Å². The molecule has 1 heterocycles. The summed E-state index contributed by atoms with van der Waals surface area (Å²) in [7, 11) is 0. The first-order valence-corrected chi connectivity index (χ1v) is 8.56. The summed E-state index contributed by atoms with van der Waals surface area (Å²) >= 11 is 4.75. The maximum absolute atomic E-state index is 5.52. The Balaban J connectivity index is 2.01. The zero-order valence-corrected chi connectivity index (χ0v) is 11.0. The van der Waals surface area contributed by atoms with E-state index < -0.39 is 12.9 Å². The molecule has 88 valence electrons. The molecule has 5 heteroatoms. The van der Waals surface area contributed by atoms with Crippen molar-refractivity contribution in [3.63, 3.8) is 0 Å². The monoisotopic (exact) mass is 259 g/mol. The molecule has 16 heavy (non-hydrogen) atoms. The van der Waals surface area contributed by atoms with Crippen LogP contribution in [0.4, 0.5) is 0 Å². The summed E-state index contributed by atoms with van der Waals surface area (Å²) in [5, 5.41) is 1.22. The van der Waals surface area contributed by atoms with Gasteiger partial charge in [0.25, 0.3) is 6.48 Å². The van der Waals surface area contributed by atoms with Crippen LogP contribution >= 0.6 is 18.7 Å². The minimum Gasteiger partial charge on any atom is -0.330 e. The van der Waals surface area contributed by atoms with E-state index in [1.54, 1.807) is 0 Å². The van der Waals surface area contributed by atoms with Crippen molar-refractivity contribution in [1.82, 2.24) is 0 Å². The number of hydrogen-bond donors (Lipinski definition) is 1. The van der Waals surface area contributed by atoms with Gasteiger partial charge in [-0.2, -0.15) is 0 Å². The van der Waals surface area contributed by atoms with Crippen LogP contribution in [0.25, 0.3) is 0 Å². The van der Waals surface area contributed by atoms with Crippen molar-refractivity contribution in [1.29, 1.82) is 0 Å². The second kappa shape index (κ2) is 5.48. The fraction of sp³-hybridized carbons (Fsp3) is 0.455. The van der Waals surface area contributed by atoms with Gasteiger partial charge in [0.2, 0.25) is 0 Å². The number of ether oxygens (including phenoxy) is 3. The average Bonchev–Trinajstić information content (AvgIpc) is 2.34. The van der Waals surface area contributed by atoms with Crippen molar-refractivity contribution in [3.05, 3.63) is 30.3 Å². The summed E-state index contributed by atoms with van der Waals surface area (Å²) in [6, 6.07) is 10.2. The van der Waals surface area contributed by atoms with E-state index in [1.165, 1.54) is 5.30 Å². The Morgan fingerprint density at radius 3 is 2.50 bits per heavy atom. The maximum atomic E-state index is 5.52. The highest BCUT2D eigenvalue weighted by molar-refractivity contribution is 8.55. The van der Waals surface area contributed by atoms with Gasteiger partial charge < -0.3 is 4.74 Å². The molecule has 1 saturated heterocycles. The largest absolute Gasteiger partial charge is 0.330 e. The summed E-state index contributed by atoms with van der Waals surface area (Å²) in [6.45, 7) is 0.383. The van der Waals surface area contributed by atoms with Crippen LogP contribution in [-0.2, 0) is 14.2 Å². The average molecular weight is 259 g/mol. The molecular formula is C11H16O3PS+. The van der Waals surface area contributed by atoms with E-state index in [0.717, 1.165) is 0 Å². The number of benzene rings is 1. The van der Waals surface area contributed by atoms with Gasteiger partial charge in [0.05, 0.1) is 0 Å². The van der Waals surface area contributed by atoms with Crippen molar-refractivity contribution in [2.24, 2.45) is 0 Å². The van der Waals surface area contributed by atoms with Gasteiger partial charge in [-0.1, -0.05) is 18.2 Å². The van der Waals surface area contributed by atoms with Crippen molar-refractivity contribution in [2.75, 3.05) is 19.3 Å². The fourth-order valence-electron chi connectivity index (χ4n) is 1.54. The zero-order valence-electron chi connectivity index (χ0n) is 9.20. The van der Waals surface area contributed by atoms with E-state index in [4.69, 9.17) is 26.5 Å². The minimum absolute atomic E-state index is 0.519. The molecule has 0 atom stereocenters. The summed E-state index contributed by atoms with van der Waals surface area (Å²) in [4.78, 5) is 0. The molecule has 0 bridgehead atoms. The second-order valence-electron chi connectivity index (χ2n) is 3.59. The van der Waals surface area contributed by atoms with Crippen LogP contribution in [0.3, 0.4) is 0 Å². The van der Waals surface area contributed by atoms with Crippen LogP contribution in [0.15, 0.2) is 30.3 Å². The Kier molecular flexibility index (Phi) is 4.22. The first kappa shape index (κ1) is 12.3. The van der Waals surface area contributed by atoms with Gasteiger partial charge in [0.15, 0.2) is 19.2 Å². The first-order chi connectivity index (χ1) is 7.74. The van der Waals surface area contributed by atoms with Crippen molar-refractivity contribution in [2.45, 2.75) is 13.4 Å². The van der Waals surface area contributed by atoms with E-state index >= 15 is 0 Å². The maximum Gasteiger partial charge on any atom is 0.277 e. The zero-order chi connectivity index (χ0) is 11.4. The third-order valence-electron chi connectivity index (χ3n) is 2.39. The first-order valence-electron chi connectivity index (χ1n) is 5.25. The topological polar surface area (TPSA) is 27.7 Å². The smallest absolute Gasteiger partial charge is 0.277 e. The van der Waals surface area contributed by atoms with Gasteiger partial charge in [-0.3, -0.25) is 9.47 Å². The van der Waals surface area contributed by atoms with Gasteiger partial charge in [0.1, 0.15) is 5.30 Å². The Bertz CT molecular complexity index is 325. The van der Waals surface area contributed by atoms with Gasteiger partial charge in [0, 0.05) is 18.9 Å². The molecule has 3 nitrogen and oxygen atoms in total. The SMILES string of the molecule is CCOC1OC[P+](S)(c2ccccc2)CO1. The second-order valence-corrected chi connectivity index (χ2v) is 8.77. The lowest BCUT2D eigenvalue weighted by Gasteiger charge is -2.29. The third kappa shape index (κ3) is 2.76. The van der Waals surface area contributed by atoms with Crippen molar-refractivity contribution >= 4 is 24.0 Å². The van der Waals surface area contributed by atoms with Crippen molar-refractivity contribution in [3.8, 4) is 0 Å². The van der Waals surface area contributed by atoms with Crippen LogP contribution in [-0.4, -0.2) is 25.8 Å². The van der Waals surface area contributed by atoms with Crippen LogP contribution < -0.4 is 5.30 Å². The summed E-state index contributed by atoms with van der Waals surface area (Å²) < 4.78 is 16.3. The molecule has 1 aromatic carbocycles. The third-order valence-corrected chi connectivity index (χ3v) is 6.19. The molecule has 0 spiro atoms. The quantitative estimate of drug-likeness (QED) is 0.667. The van der Waals surface area contributed by atoms with Gasteiger partial charge in [-0.15, -0.1) is 0 Å². The van der Waals surface area contributed by atoms with E-state index in [2.05, 4.69) is 12.1 Å². The lowest BCUT2D eigenvalue weighted by molar-refractivity contribution is -0.278. The number of rotatable bonds is 3. The Labute approximate surface area is 102 Å². The predicted molar refractivity (Wildman–Crippen MR) is 69.3 cm³/mol. The lowest BCUT2D eigenvalue weighted by atomic mass is 10.4. The molecule has 0 aliphatic carbocycles.